The van der Waals surface area contributed by atoms with Crippen LogP contribution in [-0.4, -0.2) is 107 Å². The predicted octanol–water partition coefficient (Wildman–Crippen LogP) is 12.7. The molecule has 3 aromatic carbocycles. The van der Waals surface area contributed by atoms with E-state index >= 15 is 0 Å². The third-order valence-electron chi connectivity index (χ3n) is 11.5. The number of nitrogens with zero attached hydrogens (tertiary/aromatic N) is 11. The molecule has 25 nitrogen and oxygen atoms in total. The molecular weight excluding hydrogens is 1470 g/mol. The van der Waals surface area contributed by atoms with Crippen molar-refractivity contribution in [2.45, 2.75) is 85.9 Å². The molecule has 3 aliphatic heterocycles. The molecule has 9 heterocycles. The quantitative estimate of drug-likeness (QED) is 0.0275. The molecule has 33 heteroatoms. The zero-order valence-corrected chi connectivity index (χ0v) is 57.8. The minimum absolute atomic E-state index is 0.00364. The SMILES string of the molecule is CC.CCI.Cc1cc(Cl)nc(Cl)n1.NCc1ccc2c(c1)OCO2.O=C(CCc1cc(Cl)nc(-n2ccnc2)n1)NCc1ccc2c(c1)OCO2.O=C(CCc1cc(Cl)nc(Cl)n1)NCc1ccc2c(c1)OCO2.O=C(O)CCc1cc(Cl)nc(Cl)n1.c1c[nH]cn1. The molecule has 0 fully saturated rings. The highest BCUT2D eigenvalue weighted by Gasteiger charge is 2.17. The van der Waals surface area contributed by atoms with E-state index in [0.717, 1.165) is 45.4 Å². The Kier molecular flexibility index (Phi) is 34.2. The number of halogens is 8. The number of carbonyl (C=O) groups is 3. The highest BCUT2D eigenvalue weighted by atomic mass is 127. The Morgan fingerprint density at radius 3 is 1.37 bits per heavy atom. The lowest BCUT2D eigenvalue weighted by molar-refractivity contribution is -0.137. The number of amides is 2. The fourth-order valence-corrected chi connectivity index (χ4v) is 8.98. The first kappa shape index (κ1) is 76.0. The number of nitrogens with one attached hydrogen (secondary N) is 3. The van der Waals surface area contributed by atoms with E-state index in [4.69, 9.17) is 120 Å². The summed E-state index contributed by atoms with van der Waals surface area (Å²) in [6.45, 7) is 10.1. The van der Waals surface area contributed by atoms with Crippen molar-refractivity contribution in [2.24, 2.45) is 5.73 Å². The molecule has 0 spiro atoms. The molecule has 0 atom stereocenters. The topological polar surface area (TPSA) is 327 Å². The van der Waals surface area contributed by atoms with E-state index in [1.54, 1.807) is 67.1 Å². The lowest BCUT2D eigenvalue weighted by Gasteiger charge is -2.07. The number of aromatic amines is 1. The second-order valence-electron chi connectivity index (χ2n) is 18.2. The molecule has 6 N–H and O–H groups in total. The van der Waals surface area contributed by atoms with Crippen LogP contribution in [0.3, 0.4) is 0 Å². The minimum atomic E-state index is -0.883. The molecular formula is C60H63Cl7IN15O10. The zero-order valence-electron chi connectivity index (χ0n) is 50.3. The summed E-state index contributed by atoms with van der Waals surface area (Å²) in [5.41, 5.74) is 11.0. The third-order valence-corrected chi connectivity index (χ3v) is 12.7. The Morgan fingerprint density at radius 2 is 0.978 bits per heavy atom. The van der Waals surface area contributed by atoms with Crippen molar-refractivity contribution in [2.75, 3.05) is 24.8 Å². The van der Waals surface area contributed by atoms with E-state index in [1.807, 2.05) is 68.4 Å². The van der Waals surface area contributed by atoms with Crippen molar-refractivity contribution in [3.63, 3.8) is 0 Å². The van der Waals surface area contributed by atoms with Gasteiger partial charge in [-0.1, -0.05) is 108 Å². The number of ether oxygens (including phenoxy) is 6. The van der Waals surface area contributed by atoms with Crippen LogP contribution in [0.25, 0.3) is 5.95 Å². The molecule has 6 aromatic heterocycles. The molecule has 0 unspecified atom stereocenters. The van der Waals surface area contributed by atoms with Gasteiger partial charge in [-0.25, -0.2) is 49.8 Å². The number of hydrogen-bond donors (Lipinski definition) is 5. The summed E-state index contributed by atoms with van der Waals surface area (Å²) >= 11 is 41.9. The summed E-state index contributed by atoms with van der Waals surface area (Å²) in [6, 6.07) is 23.3. The summed E-state index contributed by atoms with van der Waals surface area (Å²) in [6.07, 6.45) is 11.8. The first-order chi connectivity index (χ1) is 44.8. The number of aromatic nitrogens is 12. The van der Waals surface area contributed by atoms with Crippen LogP contribution in [-0.2, 0) is 53.3 Å². The summed E-state index contributed by atoms with van der Waals surface area (Å²) in [4.78, 5) is 76.0. The van der Waals surface area contributed by atoms with Gasteiger partial charge in [-0.15, -0.1) is 0 Å². The van der Waals surface area contributed by atoms with Gasteiger partial charge in [0.25, 0.3) is 0 Å². The maximum atomic E-state index is 12.2. The van der Waals surface area contributed by atoms with Crippen LogP contribution in [0, 0.1) is 6.92 Å². The van der Waals surface area contributed by atoms with Gasteiger partial charge >= 0.3 is 5.97 Å². The average Bonchev–Trinajstić information content (AvgIpc) is 2.02. The minimum Gasteiger partial charge on any atom is -0.481 e. The van der Waals surface area contributed by atoms with Gasteiger partial charge in [0.1, 0.15) is 26.9 Å². The smallest absolute Gasteiger partial charge is 0.303 e. The molecule has 9 aromatic rings. The molecule has 2 amide bonds. The van der Waals surface area contributed by atoms with Gasteiger partial charge in [0.05, 0.1) is 12.7 Å². The lowest BCUT2D eigenvalue weighted by atomic mass is 10.2. The molecule has 93 heavy (non-hydrogen) atoms. The zero-order chi connectivity index (χ0) is 67.5. The van der Waals surface area contributed by atoms with Crippen LogP contribution in [0.15, 0.2) is 116 Å². The number of benzene rings is 3. The van der Waals surface area contributed by atoms with Crippen LogP contribution in [0.4, 0.5) is 0 Å². The monoisotopic (exact) mass is 1530 g/mol. The second kappa shape index (κ2) is 41.8. The first-order valence-corrected chi connectivity index (χ1v) is 32.2. The van der Waals surface area contributed by atoms with Gasteiger partial charge in [-0.05, 0) is 136 Å². The van der Waals surface area contributed by atoms with Gasteiger partial charge in [0.15, 0.2) is 34.5 Å². The number of rotatable bonds is 15. The summed E-state index contributed by atoms with van der Waals surface area (Å²) in [7, 11) is 0. The number of alkyl halides is 1. The predicted molar refractivity (Wildman–Crippen MR) is 361 cm³/mol. The molecule has 3 aliphatic rings. The lowest BCUT2D eigenvalue weighted by Crippen LogP contribution is -2.23. The standard InChI is InChI=1S/C18H16ClN5O3.C15H13Cl2N3O3.C8H9NO2.C7H6Cl2N2O2.C5H4Cl2N2.C3H4N2.C2H5I.C2H6/c19-16-8-13(22-18(23-16)24-6-5-20-10-24)2-4-17(25)21-9-12-1-3-14-15(7-12)27-11-26-14;16-13-6-10(19-15(17)20-13)2-4-14(21)18-7-9-1-3-11-12(5-9)23-8-22-11;9-4-6-1-2-7-8(3-6)11-5-10-7;8-5-3-4(1-2-6(12)13)10-7(9)11-5;1-3-2-4(6)9-5(7)8-3;1-2-5-3-4-1;1-2-3;1-2/h1,3,5-8,10H,2,4,9,11H2,(H,21,25);1,3,5-6H,2,4,7-8H2,(H,18,21);1-3H,4-5,9H2;3H,1-2H2,(H,12,13);2H,1H3;1-3H,(H,4,5);2H2,1H3;1-2H3. The van der Waals surface area contributed by atoms with Crippen LogP contribution >= 0.6 is 104 Å². The van der Waals surface area contributed by atoms with Crippen molar-refractivity contribution < 1.29 is 47.9 Å². The van der Waals surface area contributed by atoms with Crippen LogP contribution < -0.4 is 44.8 Å². The number of aliphatic carboxylic acids is 1. The maximum Gasteiger partial charge on any atom is 0.303 e. The maximum absolute atomic E-state index is 12.2. The molecule has 12 rings (SSSR count). The number of fused-ring (bicyclic) bond motifs is 3. The van der Waals surface area contributed by atoms with Crippen molar-refractivity contribution in [1.82, 2.24) is 70.0 Å². The highest BCUT2D eigenvalue weighted by Crippen LogP contribution is 2.34. The molecule has 0 aliphatic carbocycles. The van der Waals surface area contributed by atoms with Gasteiger partial charge in [0.2, 0.25) is 54.0 Å². The van der Waals surface area contributed by atoms with Crippen molar-refractivity contribution in [3.05, 3.63) is 192 Å². The Hall–Kier alpha value is -7.67. The van der Waals surface area contributed by atoms with Gasteiger partial charge in [-0.3, -0.25) is 19.0 Å². The number of carboxylic acid groups (broad SMARTS) is 1. The van der Waals surface area contributed by atoms with Crippen LogP contribution in [0.2, 0.25) is 36.5 Å². The first-order valence-electron chi connectivity index (χ1n) is 28.0. The number of H-pyrrole nitrogens is 1. The summed E-state index contributed by atoms with van der Waals surface area (Å²) in [5.74, 6) is 3.82. The Balaban J connectivity index is 0.000000213. The van der Waals surface area contributed by atoms with Crippen LogP contribution in [0.1, 0.15) is 79.5 Å². The van der Waals surface area contributed by atoms with E-state index in [9.17, 15) is 14.4 Å². The van der Waals surface area contributed by atoms with Crippen molar-refractivity contribution >= 4 is 122 Å². The fourth-order valence-electron chi connectivity index (χ4n) is 7.37. The Bertz CT molecular complexity index is 3670. The molecule has 0 saturated heterocycles. The third kappa shape index (κ3) is 29.0. The molecule has 0 radical (unpaired) electrons. The number of imidazole rings is 2. The number of hydrogen-bond acceptors (Lipinski definition) is 20. The summed E-state index contributed by atoms with van der Waals surface area (Å²) in [5, 5.41) is 15.6. The van der Waals surface area contributed by atoms with Crippen LogP contribution in [0.5, 0.6) is 34.5 Å². The Labute approximate surface area is 584 Å². The van der Waals surface area contributed by atoms with Gasteiger partial charge in [0, 0.05) is 86.5 Å². The van der Waals surface area contributed by atoms with E-state index < -0.39 is 5.97 Å². The van der Waals surface area contributed by atoms with E-state index in [1.165, 1.54) is 10.5 Å². The van der Waals surface area contributed by atoms with E-state index in [-0.39, 0.29) is 64.4 Å². The van der Waals surface area contributed by atoms with E-state index in [0.29, 0.717) is 96.9 Å². The second-order valence-corrected chi connectivity index (χ2v) is 22.3. The molecule has 494 valence electrons. The highest BCUT2D eigenvalue weighted by molar-refractivity contribution is 14.1. The van der Waals surface area contributed by atoms with Crippen molar-refractivity contribution in [3.8, 4) is 40.4 Å². The number of carbonyl (C=O) groups excluding carboxylic acids is 2. The number of nitrogens with two attached hydrogens (primary N) is 1. The van der Waals surface area contributed by atoms with Gasteiger partial charge < -0.3 is 54.9 Å². The Morgan fingerprint density at radius 1 is 0.559 bits per heavy atom. The average molecular weight is 1530 g/mol. The molecule has 0 saturated carbocycles. The summed E-state index contributed by atoms with van der Waals surface area (Å²) < 4.78 is 34.3. The molecule has 0 bridgehead atoms. The largest absolute Gasteiger partial charge is 0.481 e. The number of carboxylic acids is 1. The van der Waals surface area contributed by atoms with Crippen molar-refractivity contribution in [1.29, 1.82) is 0 Å². The fraction of sp³-hybridized carbons (Fsp3) is 0.283. The van der Waals surface area contributed by atoms with E-state index in [2.05, 4.69) is 95.0 Å². The van der Waals surface area contributed by atoms with Gasteiger partial charge in [-0.2, -0.15) is 0 Å². The number of aryl methyl sites for hydroxylation is 4. The normalized spacial score (nSPS) is 11.2.